The smallest absolute Gasteiger partial charge is 0.319 e. The average molecular weight is 336 g/mol. The maximum absolute atomic E-state index is 12.7. The number of nitrogens with zero attached hydrogens (tertiary/aromatic N) is 1. The van der Waals surface area contributed by atoms with Gasteiger partial charge in [-0.2, -0.15) is 0 Å². The fourth-order valence-corrected chi connectivity index (χ4v) is 3.89. The van der Waals surface area contributed by atoms with Gasteiger partial charge in [0.25, 0.3) is 0 Å². The second-order valence-corrected chi connectivity index (χ2v) is 8.86. The van der Waals surface area contributed by atoms with Gasteiger partial charge < -0.3 is 10.2 Å². The fourth-order valence-electron chi connectivity index (χ4n) is 2.96. The molecule has 0 radical (unpaired) electrons. The van der Waals surface area contributed by atoms with Gasteiger partial charge in [-0.05, 0) is 56.7 Å². The van der Waals surface area contributed by atoms with E-state index in [0.717, 1.165) is 12.8 Å². The molecule has 1 unspecified atom stereocenters. The Kier molecular flexibility index (Phi) is 4.36. The first-order valence-corrected chi connectivity index (χ1v) is 9.99. The molecule has 2 fully saturated rings. The van der Waals surface area contributed by atoms with Gasteiger partial charge in [0, 0.05) is 17.8 Å². The van der Waals surface area contributed by atoms with Gasteiger partial charge >= 0.3 is 6.03 Å². The van der Waals surface area contributed by atoms with Crippen molar-refractivity contribution in [3.8, 4) is 0 Å². The Morgan fingerprint density at radius 2 is 2.00 bits per heavy atom. The van der Waals surface area contributed by atoms with Gasteiger partial charge in [-0.25, -0.2) is 13.2 Å². The molecule has 2 aliphatic rings. The summed E-state index contributed by atoms with van der Waals surface area (Å²) in [5.41, 5.74) is 0.540. The maximum Gasteiger partial charge on any atom is 0.322 e. The van der Waals surface area contributed by atoms with E-state index in [1.807, 2.05) is 4.90 Å². The Morgan fingerprint density at radius 1 is 1.30 bits per heavy atom. The number of rotatable bonds is 6. The number of sulfone groups is 1. The normalized spacial score (nSPS) is 19.2. The minimum atomic E-state index is -3.27. The summed E-state index contributed by atoms with van der Waals surface area (Å²) in [6, 6.07) is 7.00. The van der Waals surface area contributed by atoms with Crippen LogP contribution in [0.4, 0.5) is 10.5 Å². The van der Waals surface area contributed by atoms with Crippen molar-refractivity contribution in [2.24, 2.45) is 5.92 Å². The van der Waals surface area contributed by atoms with Crippen LogP contribution in [-0.2, 0) is 9.84 Å². The Morgan fingerprint density at radius 3 is 2.57 bits per heavy atom. The number of nitrogens with one attached hydrogen (secondary N) is 1. The number of anilines is 1. The molecule has 3 rings (SSSR count). The molecule has 0 spiro atoms. The van der Waals surface area contributed by atoms with Crippen molar-refractivity contribution in [1.29, 1.82) is 0 Å². The zero-order valence-electron chi connectivity index (χ0n) is 13.7. The lowest BCUT2D eigenvalue weighted by Crippen LogP contribution is -2.44. The van der Waals surface area contributed by atoms with E-state index in [-0.39, 0.29) is 22.7 Å². The van der Waals surface area contributed by atoms with Crippen LogP contribution < -0.4 is 5.32 Å². The predicted molar refractivity (Wildman–Crippen MR) is 90.2 cm³/mol. The van der Waals surface area contributed by atoms with E-state index in [1.165, 1.54) is 12.8 Å². The molecule has 126 valence electrons. The molecule has 1 aromatic rings. The van der Waals surface area contributed by atoms with Gasteiger partial charge in [-0.3, -0.25) is 0 Å². The number of carbonyl (C=O) groups excluding carboxylic acids is 1. The molecular formula is C17H24N2O3S. The number of carbonyl (C=O) groups is 1. The number of hydrogen-bond donors (Lipinski definition) is 1. The van der Waals surface area contributed by atoms with Gasteiger partial charge in [0.2, 0.25) is 0 Å². The van der Waals surface area contributed by atoms with Crippen LogP contribution in [0.5, 0.6) is 0 Å². The second kappa shape index (κ2) is 6.15. The van der Waals surface area contributed by atoms with Crippen LogP contribution in [0.15, 0.2) is 29.2 Å². The van der Waals surface area contributed by atoms with Crippen molar-refractivity contribution in [3.05, 3.63) is 24.3 Å². The van der Waals surface area contributed by atoms with Crippen molar-refractivity contribution in [3.63, 3.8) is 0 Å². The molecule has 0 aromatic heterocycles. The molecule has 2 aliphatic carbocycles. The van der Waals surface area contributed by atoms with Gasteiger partial charge in [0.1, 0.15) is 0 Å². The number of amides is 2. The standard InChI is InChI=1S/C17H24N2O3S/c1-3-23(21,22)16-6-4-5-14(11-16)18-17(20)19(15-9-10-15)12(2)13-7-8-13/h4-6,11-13,15H,3,7-10H2,1-2H3,(H,18,20). The molecule has 0 saturated heterocycles. The third-order valence-electron chi connectivity index (χ3n) is 4.74. The molecular weight excluding hydrogens is 312 g/mol. The summed E-state index contributed by atoms with van der Waals surface area (Å²) in [5, 5.41) is 2.89. The Bertz CT molecular complexity index is 694. The maximum atomic E-state index is 12.7. The Balaban J connectivity index is 1.75. The average Bonchev–Trinajstić information content (AvgIpc) is 3.38. The molecule has 1 atom stereocenters. The lowest BCUT2D eigenvalue weighted by molar-refractivity contribution is 0.180. The van der Waals surface area contributed by atoms with Crippen LogP contribution in [-0.4, -0.2) is 37.2 Å². The zero-order chi connectivity index (χ0) is 16.6. The number of benzene rings is 1. The highest BCUT2D eigenvalue weighted by Gasteiger charge is 2.41. The third kappa shape index (κ3) is 3.68. The monoisotopic (exact) mass is 336 g/mol. The second-order valence-electron chi connectivity index (χ2n) is 6.58. The third-order valence-corrected chi connectivity index (χ3v) is 6.47. The molecule has 1 aromatic carbocycles. The van der Waals surface area contributed by atoms with Crippen molar-refractivity contribution >= 4 is 21.6 Å². The zero-order valence-corrected chi connectivity index (χ0v) is 14.5. The van der Waals surface area contributed by atoms with Gasteiger partial charge in [0.05, 0.1) is 10.6 Å². The topological polar surface area (TPSA) is 66.5 Å². The minimum absolute atomic E-state index is 0.0529. The summed E-state index contributed by atoms with van der Waals surface area (Å²) in [4.78, 5) is 14.9. The highest BCUT2D eigenvalue weighted by Crippen LogP contribution is 2.40. The highest BCUT2D eigenvalue weighted by atomic mass is 32.2. The molecule has 2 amide bonds. The summed E-state index contributed by atoms with van der Waals surface area (Å²) in [6.07, 6.45) is 4.52. The quantitative estimate of drug-likeness (QED) is 0.867. The summed E-state index contributed by atoms with van der Waals surface area (Å²) in [6.45, 7) is 3.74. The SMILES string of the molecule is CCS(=O)(=O)c1cccc(NC(=O)N(C2CC2)C(C)C2CC2)c1. The largest absolute Gasteiger partial charge is 0.322 e. The van der Waals surface area contributed by atoms with Crippen LogP contribution in [0.2, 0.25) is 0 Å². The van der Waals surface area contributed by atoms with Crippen molar-refractivity contribution in [1.82, 2.24) is 4.90 Å². The van der Waals surface area contributed by atoms with E-state index >= 15 is 0 Å². The van der Waals surface area contributed by atoms with Gasteiger partial charge in [0.15, 0.2) is 9.84 Å². The molecule has 1 N–H and O–H groups in total. The van der Waals surface area contributed by atoms with Crippen LogP contribution in [0.3, 0.4) is 0 Å². The summed E-state index contributed by atoms with van der Waals surface area (Å²) in [5.74, 6) is 0.672. The van der Waals surface area contributed by atoms with Crippen LogP contribution in [0.25, 0.3) is 0 Å². The van der Waals surface area contributed by atoms with Crippen molar-refractivity contribution in [2.45, 2.75) is 56.5 Å². The minimum Gasteiger partial charge on any atom is -0.319 e. The fraction of sp³-hybridized carbons (Fsp3) is 0.588. The number of hydrogen-bond acceptors (Lipinski definition) is 3. The molecule has 0 bridgehead atoms. The Labute approximate surface area is 138 Å². The summed E-state index contributed by atoms with van der Waals surface area (Å²) in [7, 11) is -3.27. The first-order chi connectivity index (χ1) is 10.9. The Hall–Kier alpha value is -1.56. The van der Waals surface area contributed by atoms with Gasteiger partial charge in [-0.15, -0.1) is 0 Å². The van der Waals surface area contributed by atoms with Gasteiger partial charge in [-0.1, -0.05) is 13.0 Å². The molecule has 6 heteroatoms. The number of urea groups is 1. The summed E-state index contributed by atoms with van der Waals surface area (Å²) >= 11 is 0. The van der Waals surface area contributed by atoms with Crippen molar-refractivity contribution < 1.29 is 13.2 Å². The molecule has 0 heterocycles. The predicted octanol–water partition coefficient (Wildman–Crippen LogP) is 3.28. The van der Waals surface area contributed by atoms with Crippen molar-refractivity contribution in [2.75, 3.05) is 11.1 Å². The van der Waals surface area contributed by atoms with E-state index in [9.17, 15) is 13.2 Å². The first kappa shape index (κ1) is 16.3. The lowest BCUT2D eigenvalue weighted by Gasteiger charge is -2.29. The van der Waals surface area contributed by atoms with Crippen LogP contribution in [0.1, 0.15) is 39.5 Å². The first-order valence-electron chi connectivity index (χ1n) is 8.34. The van der Waals surface area contributed by atoms with E-state index in [1.54, 1.807) is 31.2 Å². The molecule has 5 nitrogen and oxygen atoms in total. The lowest BCUT2D eigenvalue weighted by atomic mass is 10.2. The molecule has 0 aliphatic heterocycles. The van der Waals surface area contributed by atoms with E-state index in [4.69, 9.17) is 0 Å². The highest BCUT2D eigenvalue weighted by molar-refractivity contribution is 7.91. The molecule has 23 heavy (non-hydrogen) atoms. The molecule has 2 saturated carbocycles. The van der Waals surface area contributed by atoms with E-state index in [2.05, 4.69) is 12.2 Å². The van der Waals surface area contributed by atoms with Crippen LogP contribution in [0, 0.1) is 5.92 Å². The van der Waals surface area contributed by atoms with Crippen LogP contribution >= 0.6 is 0 Å². The summed E-state index contributed by atoms with van der Waals surface area (Å²) < 4.78 is 23.9. The van der Waals surface area contributed by atoms with E-state index in [0.29, 0.717) is 17.6 Å². The van der Waals surface area contributed by atoms with E-state index < -0.39 is 9.84 Å².